The van der Waals surface area contributed by atoms with Crippen LogP contribution in [0.25, 0.3) is 0 Å². The summed E-state index contributed by atoms with van der Waals surface area (Å²) in [5.41, 5.74) is 0.512. The summed E-state index contributed by atoms with van der Waals surface area (Å²) in [6, 6.07) is 5.53. The molecule has 0 fully saturated rings. The number of ketones is 1. The molecule has 0 aliphatic rings. The molecule has 0 radical (unpaired) electrons. The summed E-state index contributed by atoms with van der Waals surface area (Å²) in [5, 5.41) is 0. The number of Topliss-reactive ketones (excluding diaryl/α,β-unsaturated/α-hetero) is 1. The lowest BCUT2D eigenvalue weighted by atomic mass is 10.1. The monoisotopic (exact) mass is 254 g/mol. The standard InChI is InChI=1S/C10H7FN2OS2/c11-8-3-1-7(2-4-8)9(14)5-15-10-12-6-13-16-10/h1-4,6H,5H2. The van der Waals surface area contributed by atoms with E-state index in [0.29, 0.717) is 11.3 Å². The molecule has 0 saturated heterocycles. The number of nitrogens with zero attached hydrogens (tertiary/aromatic N) is 2. The molecule has 2 aromatic rings. The Morgan fingerprint density at radius 2 is 2.12 bits per heavy atom. The van der Waals surface area contributed by atoms with Gasteiger partial charge in [-0.15, -0.1) is 0 Å². The van der Waals surface area contributed by atoms with E-state index in [1.54, 1.807) is 0 Å². The molecule has 0 N–H and O–H groups in total. The highest BCUT2D eigenvalue weighted by atomic mass is 32.2. The van der Waals surface area contributed by atoms with Crippen molar-refractivity contribution in [2.75, 3.05) is 5.75 Å². The fourth-order valence-corrected chi connectivity index (χ4v) is 2.41. The lowest BCUT2D eigenvalue weighted by Gasteiger charge is -1.98. The zero-order valence-corrected chi connectivity index (χ0v) is 9.72. The van der Waals surface area contributed by atoms with Gasteiger partial charge in [-0.3, -0.25) is 4.79 Å². The Morgan fingerprint density at radius 3 is 2.75 bits per heavy atom. The van der Waals surface area contributed by atoms with Gasteiger partial charge in [0.05, 0.1) is 5.75 Å². The smallest absolute Gasteiger partial charge is 0.173 e. The first-order chi connectivity index (χ1) is 7.75. The number of rotatable bonds is 4. The molecule has 0 bridgehead atoms. The van der Waals surface area contributed by atoms with Crippen LogP contribution >= 0.6 is 23.3 Å². The average Bonchev–Trinajstić information content (AvgIpc) is 2.80. The second-order valence-electron chi connectivity index (χ2n) is 2.93. The molecule has 0 aliphatic heterocycles. The van der Waals surface area contributed by atoms with Crippen molar-refractivity contribution < 1.29 is 9.18 Å². The number of hydrogen-bond donors (Lipinski definition) is 0. The number of halogens is 1. The normalized spacial score (nSPS) is 10.3. The third kappa shape index (κ3) is 2.86. The van der Waals surface area contributed by atoms with Gasteiger partial charge in [0.15, 0.2) is 10.1 Å². The molecule has 0 amide bonds. The topological polar surface area (TPSA) is 42.9 Å². The lowest BCUT2D eigenvalue weighted by molar-refractivity contribution is 0.102. The number of hydrogen-bond acceptors (Lipinski definition) is 5. The highest BCUT2D eigenvalue weighted by Gasteiger charge is 2.07. The Labute approximate surface area is 99.9 Å². The zero-order chi connectivity index (χ0) is 11.4. The predicted octanol–water partition coefficient (Wildman–Crippen LogP) is 2.65. The number of benzene rings is 1. The maximum Gasteiger partial charge on any atom is 0.173 e. The summed E-state index contributed by atoms with van der Waals surface area (Å²) in [7, 11) is 0. The van der Waals surface area contributed by atoms with Gasteiger partial charge in [-0.05, 0) is 35.8 Å². The number of carbonyl (C=O) groups excluding carboxylic acids is 1. The molecule has 1 heterocycles. The van der Waals surface area contributed by atoms with Crippen LogP contribution in [-0.2, 0) is 0 Å². The molecular formula is C10H7FN2OS2. The van der Waals surface area contributed by atoms with Crippen LogP contribution in [0.3, 0.4) is 0 Å². The van der Waals surface area contributed by atoms with E-state index in [1.165, 1.54) is 53.9 Å². The van der Waals surface area contributed by atoms with E-state index in [4.69, 9.17) is 0 Å². The van der Waals surface area contributed by atoms with Crippen molar-refractivity contribution in [3.63, 3.8) is 0 Å². The molecule has 6 heteroatoms. The van der Waals surface area contributed by atoms with E-state index in [9.17, 15) is 9.18 Å². The van der Waals surface area contributed by atoms with E-state index in [-0.39, 0.29) is 11.6 Å². The van der Waals surface area contributed by atoms with E-state index < -0.39 is 0 Å². The van der Waals surface area contributed by atoms with Crippen LogP contribution in [-0.4, -0.2) is 20.9 Å². The van der Waals surface area contributed by atoms with Crippen molar-refractivity contribution in [2.24, 2.45) is 0 Å². The van der Waals surface area contributed by atoms with Crippen molar-refractivity contribution >= 4 is 29.1 Å². The van der Waals surface area contributed by atoms with E-state index in [1.807, 2.05) is 0 Å². The first-order valence-corrected chi connectivity index (χ1v) is 6.20. The highest BCUT2D eigenvalue weighted by molar-refractivity contribution is 8.01. The van der Waals surface area contributed by atoms with Crippen molar-refractivity contribution in [1.82, 2.24) is 9.36 Å². The van der Waals surface area contributed by atoms with E-state index in [0.717, 1.165) is 4.34 Å². The van der Waals surface area contributed by atoms with Crippen molar-refractivity contribution in [3.05, 3.63) is 42.0 Å². The molecule has 82 valence electrons. The summed E-state index contributed by atoms with van der Waals surface area (Å²) >= 11 is 2.59. The largest absolute Gasteiger partial charge is 0.293 e. The van der Waals surface area contributed by atoms with Gasteiger partial charge in [0.25, 0.3) is 0 Å². The third-order valence-electron chi connectivity index (χ3n) is 1.83. The second-order valence-corrected chi connectivity index (χ2v) is 4.93. The second kappa shape index (κ2) is 5.18. The Balaban J connectivity index is 1.95. The summed E-state index contributed by atoms with van der Waals surface area (Å²) in [4.78, 5) is 15.6. The van der Waals surface area contributed by atoms with Gasteiger partial charge in [-0.2, -0.15) is 4.37 Å². The van der Waals surface area contributed by atoms with Crippen LogP contribution in [0.15, 0.2) is 34.9 Å². The zero-order valence-electron chi connectivity index (χ0n) is 8.09. The highest BCUT2D eigenvalue weighted by Crippen LogP contribution is 2.19. The fraction of sp³-hybridized carbons (Fsp3) is 0.100. The maximum absolute atomic E-state index is 12.6. The molecule has 0 spiro atoms. The Bertz CT molecular complexity index is 470. The number of aromatic nitrogens is 2. The average molecular weight is 254 g/mol. The van der Waals surface area contributed by atoms with Crippen LogP contribution in [0.4, 0.5) is 4.39 Å². The number of thioether (sulfide) groups is 1. The maximum atomic E-state index is 12.6. The molecule has 1 aromatic heterocycles. The molecule has 0 saturated carbocycles. The van der Waals surface area contributed by atoms with Gasteiger partial charge in [0.2, 0.25) is 0 Å². The summed E-state index contributed by atoms with van der Waals surface area (Å²) < 4.78 is 17.2. The molecule has 16 heavy (non-hydrogen) atoms. The number of carbonyl (C=O) groups is 1. The van der Waals surface area contributed by atoms with Crippen LogP contribution in [0.2, 0.25) is 0 Å². The Morgan fingerprint density at radius 1 is 1.38 bits per heavy atom. The Kier molecular flexibility index (Phi) is 3.63. The van der Waals surface area contributed by atoms with Crippen LogP contribution < -0.4 is 0 Å². The van der Waals surface area contributed by atoms with Gasteiger partial charge in [-0.1, -0.05) is 11.8 Å². The summed E-state index contributed by atoms with van der Waals surface area (Å²) in [5.74, 6) is -0.0885. The van der Waals surface area contributed by atoms with Gasteiger partial charge >= 0.3 is 0 Å². The first-order valence-electron chi connectivity index (χ1n) is 4.44. The van der Waals surface area contributed by atoms with Crippen molar-refractivity contribution in [3.8, 4) is 0 Å². The Hall–Kier alpha value is -1.27. The minimum Gasteiger partial charge on any atom is -0.293 e. The van der Waals surface area contributed by atoms with Gasteiger partial charge in [0, 0.05) is 5.56 Å². The molecule has 0 unspecified atom stereocenters. The summed E-state index contributed by atoms with van der Waals surface area (Å²) in [6.07, 6.45) is 1.45. The minimum absolute atomic E-state index is 0.0415. The molecular weight excluding hydrogens is 247 g/mol. The van der Waals surface area contributed by atoms with Crippen LogP contribution in [0, 0.1) is 5.82 Å². The summed E-state index contributed by atoms with van der Waals surface area (Å²) in [6.45, 7) is 0. The SMILES string of the molecule is O=C(CSc1ncns1)c1ccc(F)cc1. The third-order valence-corrected chi connectivity index (χ3v) is 3.63. The molecule has 3 nitrogen and oxygen atoms in total. The van der Waals surface area contributed by atoms with Crippen LogP contribution in [0.1, 0.15) is 10.4 Å². The first kappa shape index (κ1) is 11.2. The molecule has 0 atom stereocenters. The van der Waals surface area contributed by atoms with Gasteiger partial charge < -0.3 is 0 Å². The molecule has 0 aliphatic carbocycles. The van der Waals surface area contributed by atoms with Crippen LogP contribution in [0.5, 0.6) is 0 Å². The molecule has 2 rings (SSSR count). The molecule has 1 aromatic carbocycles. The van der Waals surface area contributed by atoms with Gasteiger partial charge in [-0.25, -0.2) is 9.37 Å². The van der Waals surface area contributed by atoms with Crippen molar-refractivity contribution in [1.29, 1.82) is 0 Å². The fourth-order valence-electron chi connectivity index (χ4n) is 1.07. The van der Waals surface area contributed by atoms with Gasteiger partial charge in [0.1, 0.15) is 12.1 Å². The van der Waals surface area contributed by atoms with E-state index in [2.05, 4.69) is 9.36 Å². The lowest BCUT2D eigenvalue weighted by Crippen LogP contribution is -2.01. The minimum atomic E-state index is -0.340. The van der Waals surface area contributed by atoms with E-state index >= 15 is 0 Å². The quantitative estimate of drug-likeness (QED) is 0.621. The van der Waals surface area contributed by atoms with Crippen molar-refractivity contribution in [2.45, 2.75) is 4.34 Å². The predicted molar refractivity (Wildman–Crippen MR) is 61.4 cm³/mol.